The van der Waals surface area contributed by atoms with Crippen LogP contribution in [0.1, 0.15) is 65.6 Å². The summed E-state index contributed by atoms with van der Waals surface area (Å²) in [5.74, 6) is -0.424. The first-order chi connectivity index (χ1) is 11.7. The number of hydrogen-bond donors (Lipinski definition) is 0. The Kier molecular flexibility index (Phi) is 5.63. The Bertz CT molecular complexity index is 604. The van der Waals surface area contributed by atoms with Crippen LogP contribution in [0.5, 0.6) is 0 Å². The minimum Gasteiger partial charge on any atom is -0.461 e. The van der Waals surface area contributed by atoms with Gasteiger partial charge in [0.1, 0.15) is 5.69 Å². The smallest absolute Gasteiger partial charge is 0.359 e. The largest absolute Gasteiger partial charge is 0.461 e. The third kappa shape index (κ3) is 3.67. The van der Waals surface area contributed by atoms with Crippen LogP contribution in [0.4, 0.5) is 0 Å². The number of esters is 1. The van der Waals surface area contributed by atoms with Gasteiger partial charge in [-0.3, -0.25) is 9.48 Å². The molecule has 24 heavy (non-hydrogen) atoms. The lowest BCUT2D eigenvalue weighted by atomic mass is 9.94. The Morgan fingerprint density at radius 3 is 2.96 bits per heavy atom. The summed E-state index contributed by atoms with van der Waals surface area (Å²) in [6, 6.07) is 0. The van der Waals surface area contributed by atoms with E-state index in [9.17, 15) is 9.59 Å². The van der Waals surface area contributed by atoms with Crippen molar-refractivity contribution in [3.63, 3.8) is 0 Å². The third-order valence-electron chi connectivity index (χ3n) is 4.36. The molecule has 0 saturated carbocycles. The molecular formula is C17H24N2O5. The van der Waals surface area contributed by atoms with Crippen molar-refractivity contribution in [3.05, 3.63) is 17.0 Å². The summed E-state index contributed by atoms with van der Waals surface area (Å²) in [6.07, 6.45) is 4.82. The van der Waals surface area contributed by atoms with Gasteiger partial charge in [0.2, 0.25) is 0 Å². The van der Waals surface area contributed by atoms with Crippen molar-refractivity contribution >= 4 is 11.8 Å². The summed E-state index contributed by atoms with van der Waals surface area (Å²) in [5.41, 5.74) is 1.53. The number of Topliss-reactive ketones (excluding diaryl/α,β-unsaturated/α-hetero) is 1. The zero-order chi connectivity index (χ0) is 16.9. The van der Waals surface area contributed by atoms with Crippen molar-refractivity contribution in [1.29, 1.82) is 0 Å². The van der Waals surface area contributed by atoms with Crippen LogP contribution >= 0.6 is 0 Å². The molecule has 1 aromatic rings. The number of fused-ring (bicyclic) bond motifs is 1. The standard InChI is InChI=1S/C17H24N2O5/c1-2-22-17(21)15-12-6-5-7-13(20)16(12)19(18-15)9-11-24-14-8-3-4-10-23-14/h14H,2-11H2,1H3. The van der Waals surface area contributed by atoms with Crippen molar-refractivity contribution in [3.8, 4) is 0 Å². The number of carbonyl (C=O) groups excluding carboxylic acids is 2. The molecule has 1 saturated heterocycles. The van der Waals surface area contributed by atoms with E-state index in [0.717, 1.165) is 37.9 Å². The second-order valence-corrected chi connectivity index (χ2v) is 6.06. The van der Waals surface area contributed by atoms with Crippen molar-refractivity contribution in [2.24, 2.45) is 0 Å². The SMILES string of the molecule is CCOC(=O)c1nn(CCOC2CCCCO2)c2c1CCCC2=O. The maximum absolute atomic E-state index is 12.3. The summed E-state index contributed by atoms with van der Waals surface area (Å²) in [5, 5.41) is 4.34. The highest BCUT2D eigenvalue weighted by Crippen LogP contribution is 2.25. The van der Waals surface area contributed by atoms with Gasteiger partial charge in [0.05, 0.1) is 19.8 Å². The number of rotatable bonds is 6. The topological polar surface area (TPSA) is 79.7 Å². The number of nitrogens with zero attached hydrogens (tertiary/aromatic N) is 2. The van der Waals surface area contributed by atoms with E-state index in [1.807, 2.05) is 0 Å². The summed E-state index contributed by atoms with van der Waals surface area (Å²) < 4.78 is 17.9. The van der Waals surface area contributed by atoms with E-state index < -0.39 is 5.97 Å². The second-order valence-electron chi connectivity index (χ2n) is 6.06. The van der Waals surface area contributed by atoms with Gasteiger partial charge < -0.3 is 14.2 Å². The fraction of sp³-hybridized carbons (Fsp3) is 0.706. The average molecular weight is 336 g/mol. The summed E-state index contributed by atoms with van der Waals surface area (Å²) in [6.45, 7) is 3.59. The van der Waals surface area contributed by atoms with E-state index in [1.54, 1.807) is 11.6 Å². The maximum atomic E-state index is 12.3. The second kappa shape index (κ2) is 7.90. The molecule has 1 aromatic heterocycles. The van der Waals surface area contributed by atoms with Crippen LogP contribution in [0.3, 0.4) is 0 Å². The van der Waals surface area contributed by atoms with E-state index in [2.05, 4.69) is 5.10 Å². The first kappa shape index (κ1) is 17.1. The van der Waals surface area contributed by atoms with Gasteiger partial charge in [-0.1, -0.05) is 0 Å². The number of aromatic nitrogens is 2. The normalized spacial score (nSPS) is 20.7. The van der Waals surface area contributed by atoms with Gasteiger partial charge in [0.15, 0.2) is 17.8 Å². The maximum Gasteiger partial charge on any atom is 0.359 e. The molecule has 1 aliphatic carbocycles. The molecule has 0 aromatic carbocycles. The molecule has 1 aliphatic heterocycles. The van der Waals surface area contributed by atoms with Crippen LogP contribution in [0.25, 0.3) is 0 Å². The first-order valence-electron chi connectivity index (χ1n) is 8.74. The van der Waals surface area contributed by atoms with Crippen molar-refractivity contribution in [1.82, 2.24) is 9.78 Å². The highest BCUT2D eigenvalue weighted by molar-refractivity contribution is 6.00. The van der Waals surface area contributed by atoms with Gasteiger partial charge in [-0.15, -0.1) is 0 Å². The Balaban J connectivity index is 1.71. The zero-order valence-corrected chi connectivity index (χ0v) is 14.1. The van der Waals surface area contributed by atoms with Crippen molar-refractivity contribution in [2.75, 3.05) is 19.8 Å². The number of hydrogen-bond acceptors (Lipinski definition) is 6. The Hall–Kier alpha value is -1.73. The lowest BCUT2D eigenvalue weighted by molar-refractivity contribution is -0.163. The molecule has 0 radical (unpaired) electrons. The molecule has 1 fully saturated rings. The molecule has 132 valence electrons. The quantitative estimate of drug-likeness (QED) is 0.740. The summed E-state index contributed by atoms with van der Waals surface area (Å²) in [7, 11) is 0. The minimum absolute atomic E-state index is 0.0354. The lowest BCUT2D eigenvalue weighted by Crippen LogP contribution is -2.25. The molecular weight excluding hydrogens is 312 g/mol. The van der Waals surface area contributed by atoms with Crippen LogP contribution in [0, 0.1) is 0 Å². The average Bonchev–Trinajstić information content (AvgIpc) is 2.96. The molecule has 7 nitrogen and oxygen atoms in total. The molecule has 2 heterocycles. The summed E-state index contributed by atoms with van der Waals surface area (Å²) in [4.78, 5) is 24.4. The molecule has 0 spiro atoms. The van der Waals surface area contributed by atoms with Gasteiger partial charge >= 0.3 is 5.97 Å². The molecule has 0 bridgehead atoms. The monoisotopic (exact) mass is 336 g/mol. The third-order valence-corrected chi connectivity index (χ3v) is 4.36. The molecule has 7 heteroatoms. The van der Waals surface area contributed by atoms with Crippen LogP contribution in [0.2, 0.25) is 0 Å². The molecule has 1 atom stereocenters. The Labute approximate surface area is 141 Å². The lowest BCUT2D eigenvalue weighted by Gasteiger charge is -2.22. The Morgan fingerprint density at radius 2 is 2.21 bits per heavy atom. The fourth-order valence-corrected chi connectivity index (χ4v) is 3.23. The van der Waals surface area contributed by atoms with Crippen LogP contribution in [0.15, 0.2) is 0 Å². The molecule has 3 rings (SSSR count). The zero-order valence-electron chi connectivity index (χ0n) is 14.1. The summed E-state index contributed by atoms with van der Waals surface area (Å²) >= 11 is 0. The van der Waals surface area contributed by atoms with E-state index in [4.69, 9.17) is 14.2 Å². The van der Waals surface area contributed by atoms with E-state index >= 15 is 0 Å². The highest BCUT2D eigenvalue weighted by atomic mass is 16.7. The Morgan fingerprint density at radius 1 is 1.33 bits per heavy atom. The van der Waals surface area contributed by atoms with E-state index in [-0.39, 0.29) is 24.4 Å². The minimum atomic E-state index is -0.460. The van der Waals surface area contributed by atoms with Crippen LogP contribution < -0.4 is 0 Å². The van der Waals surface area contributed by atoms with Crippen LogP contribution in [-0.2, 0) is 27.2 Å². The molecule has 0 N–H and O–H groups in total. The predicted octanol–water partition coefficient (Wildman–Crippen LogP) is 2.12. The van der Waals surface area contributed by atoms with Gasteiger partial charge in [-0.2, -0.15) is 5.10 Å². The number of ketones is 1. The highest BCUT2D eigenvalue weighted by Gasteiger charge is 2.30. The van der Waals surface area contributed by atoms with Gasteiger partial charge in [0.25, 0.3) is 0 Å². The first-order valence-corrected chi connectivity index (χ1v) is 8.74. The van der Waals surface area contributed by atoms with Crippen molar-refractivity contribution < 1.29 is 23.8 Å². The fourth-order valence-electron chi connectivity index (χ4n) is 3.23. The van der Waals surface area contributed by atoms with Gasteiger partial charge in [0, 0.05) is 18.6 Å². The van der Waals surface area contributed by atoms with Crippen LogP contribution in [-0.4, -0.2) is 47.6 Å². The molecule has 1 unspecified atom stereocenters. The van der Waals surface area contributed by atoms with E-state index in [0.29, 0.717) is 31.7 Å². The van der Waals surface area contributed by atoms with Gasteiger partial charge in [-0.25, -0.2) is 4.79 Å². The van der Waals surface area contributed by atoms with E-state index in [1.165, 1.54) is 0 Å². The predicted molar refractivity (Wildman–Crippen MR) is 85.0 cm³/mol. The molecule has 2 aliphatic rings. The molecule has 0 amide bonds. The number of carbonyl (C=O) groups is 2. The van der Waals surface area contributed by atoms with Crippen molar-refractivity contribution in [2.45, 2.75) is 58.3 Å². The number of ether oxygens (including phenoxy) is 3. The van der Waals surface area contributed by atoms with Gasteiger partial charge in [-0.05, 0) is 39.0 Å².